The fourth-order valence-corrected chi connectivity index (χ4v) is 1.65. The van der Waals surface area contributed by atoms with Crippen molar-refractivity contribution in [1.82, 2.24) is 0 Å². The Kier molecular flexibility index (Phi) is 14.7. The molecule has 0 aliphatic rings. The summed E-state index contributed by atoms with van der Waals surface area (Å²) in [5.41, 5.74) is 7.58. The second-order valence-corrected chi connectivity index (χ2v) is 5.91. The van der Waals surface area contributed by atoms with Gasteiger partial charge in [0.05, 0.1) is 0 Å². The summed E-state index contributed by atoms with van der Waals surface area (Å²) >= 11 is 8.26. The van der Waals surface area contributed by atoms with E-state index in [1.165, 1.54) is 0 Å². The molecule has 0 bridgehead atoms. The van der Waals surface area contributed by atoms with Crippen LogP contribution < -0.4 is 26.6 Å². The van der Waals surface area contributed by atoms with Gasteiger partial charge >= 0.3 is 0 Å². The number of nitrogens with two attached hydrogens (primary N) is 1. The van der Waals surface area contributed by atoms with Gasteiger partial charge in [-0.25, -0.2) is 0 Å². The molecule has 151 valence electrons. The summed E-state index contributed by atoms with van der Waals surface area (Å²) in [4.78, 5) is 20.2. The van der Waals surface area contributed by atoms with E-state index >= 15 is 0 Å². The van der Waals surface area contributed by atoms with Crippen molar-refractivity contribution < 1.29 is 36.9 Å². The normalized spacial score (nSPS) is 8.37. The molecule has 27 heavy (non-hydrogen) atoms. The Balaban J connectivity index is 0. The van der Waals surface area contributed by atoms with Gasteiger partial charge in [-0.05, 0) is 37.1 Å². The van der Waals surface area contributed by atoms with Crippen LogP contribution in [-0.4, -0.2) is 16.5 Å². The molecule has 0 aliphatic carbocycles. The van der Waals surface area contributed by atoms with Crippen LogP contribution in [0.4, 0.5) is 21.0 Å². The molecule has 0 spiro atoms. The van der Waals surface area contributed by atoms with E-state index in [9.17, 15) is 19.8 Å². The average molecular weight is 456 g/mol. The third kappa shape index (κ3) is 14.5. The predicted molar refractivity (Wildman–Crippen MR) is 105 cm³/mol. The van der Waals surface area contributed by atoms with E-state index in [1.807, 2.05) is 38.1 Å². The molecule has 7 nitrogen and oxygen atoms in total. The minimum absolute atomic E-state index is 0. The van der Waals surface area contributed by atoms with Crippen LogP contribution in [0.5, 0.6) is 0 Å². The molecule has 0 atom stereocenters. The predicted octanol–water partition coefficient (Wildman–Crippen LogP) is 1.27. The topological polar surface area (TPSA) is 130 Å². The summed E-state index contributed by atoms with van der Waals surface area (Å²) in [6.07, 6.45) is -2.56. The van der Waals surface area contributed by atoms with Crippen LogP contribution in [0.3, 0.4) is 0 Å². The molecule has 0 heterocycles. The van der Waals surface area contributed by atoms with Gasteiger partial charge in [0.25, 0.3) is 0 Å². The number of carboxylic acid groups (broad SMARTS) is 2. The Morgan fingerprint density at radius 1 is 0.889 bits per heavy atom. The van der Waals surface area contributed by atoms with E-state index in [4.69, 9.17) is 0 Å². The minimum Gasteiger partial charge on any atom is -0.530 e. The average Bonchev–Trinajstić information content (AvgIpc) is 2.51. The number of nitrogens with one attached hydrogen (secondary N) is 2. The molecule has 2 aromatic carbocycles. The number of anilines is 2. The Bertz CT molecular complexity index is 699. The number of carbonyl (C=O) groups is 2. The molecule has 0 fully saturated rings. The summed E-state index contributed by atoms with van der Waals surface area (Å²) in [5, 5.41) is 24.6. The zero-order chi connectivity index (χ0) is 20.1. The number of hydrogen-bond donors (Lipinski definition) is 3. The van der Waals surface area contributed by atoms with E-state index in [1.54, 1.807) is 24.3 Å². The molecule has 2 rings (SSSR count). The van der Waals surface area contributed by atoms with Crippen molar-refractivity contribution in [1.29, 1.82) is 0 Å². The Morgan fingerprint density at radius 2 is 1.15 bits per heavy atom. The number of hydrogen-bond acceptors (Lipinski definition) is 6. The molecular formula is C17H18CuN3O4S2-3. The van der Waals surface area contributed by atoms with Gasteiger partial charge in [-0.15, -0.1) is 0 Å². The minimum atomic E-state index is -1.28. The number of rotatable bonds is 2. The first-order valence-corrected chi connectivity index (χ1v) is 7.98. The van der Waals surface area contributed by atoms with Gasteiger partial charge in [0.2, 0.25) is 0 Å². The third-order valence-electron chi connectivity index (χ3n) is 2.76. The molecule has 0 aliphatic heterocycles. The Hall–Kier alpha value is -2.39. The molecule has 0 aromatic heterocycles. The van der Waals surface area contributed by atoms with E-state index < -0.39 is 12.2 Å². The van der Waals surface area contributed by atoms with Crippen LogP contribution in [0.1, 0.15) is 11.1 Å². The van der Waals surface area contributed by atoms with Crippen LogP contribution in [0.15, 0.2) is 48.5 Å². The number of thiocarbonyl (C=S) groups is 1. The summed E-state index contributed by atoms with van der Waals surface area (Å²) in [6.45, 7) is 3.65. The number of para-hydroxylation sites is 2. The molecule has 0 unspecified atom stereocenters. The zero-order valence-corrected chi connectivity index (χ0v) is 17.0. The van der Waals surface area contributed by atoms with Gasteiger partial charge in [0.15, 0.2) is 0 Å². The number of aryl methyl sites for hydroxylation is 2. The maximum atomic E-state index is 10.1. The first kappa shape index (κ1) is 26.8. The third-order valence-corrected chi connectivity index (χ3v) is 2.76. The first-order valence-electron chi connectivity index (χ1n) is 7.17. The number of carbonyl (C=O) groups excluding carboxylic acids is 2. The van der Waals surface area contributed by atoms with Crippen LogP contribution in [0, 0.1) is 13.8 Å². The molecule has 4 N–H and O–H groups in total. The molecular weight excluding hydrogens is 438 g/mol. The summed E-state index contributed by atoms with van der Waals surface area (Å²) in [7, 11) is 0. The van der Waals surface area contributed by atoms with Crippen molar-refractivity contribution >= 4 is 52.7 Å². The van der Waals surface area contributed by atoms with E-state index in [0.717, 1.165) is 11.1 Å². The van der Waals surface area contributed by atoms with Crippen LogP contribution >= 0.6 is 12.2 Å². The summed E-state index contributed by atoms with van der Waals surface area (Å²) in [6, 6.07) is 14.2. The fraction of sp³-hybridized carbons (Fsp3) is 0.118. The quantitative estimate of drug-likeness (QED) is 0.353. The molecule has 10 heteroatoms. The van der Waals surface area contributed by atoms with Crippen LogP contribution in [0.2, 0.25) is 0 Å². The maximum Gasteiger partial charge on any atom is 0.138 e. The van der Waals surface area contributed by atoms with Crippen molar-refractivity contribution in [3.8, 4) is 0 Å². The first-order chi connectivity index (χ1) is 12.1. The van der Waals surface area contributed by atoms with Gasteiger partial charge in [0, 0.05) is 28.4 Å². The molecule has 0 saturated heterocycles. The zero-order valence-electron chi connectivity index (χ0n) is 14.4. The van der Waals surface area contributed by atoms with Crippen molar-refractivity contribution in [3.63, 3.8) is 0 Å². The fourth-order valence-electron chi connectivity index (χ4n) is 1.65. The smallest absolute Gasteiger partial charge is 0.138 e. The molecule has 2 amide bonds. The molecule has 1 radical (unpaired) electrons. The van der Waals surface area contributed by atoms with Gasteiger partial charge in [-0.1, -0.05) is 40.7 Å². The van der Waals surface area contributed by atoms with E-state index in [2.05, 4.69) is 41.2 Å². The number of amides is 2. The number of benzene rings is 2. The van der Waals surface area contributed by atoms with Gasteiger partial charge in [0.1, 0.15) is 12.2 Å². The van der Waals surface area contributed by atoms with Gasteiger partial charge in [-0.2, -0.15) is 0 Å². The van der Waals surface area contributed by atoms with E-state index in [0.29, 0.717) is 11.4 Å². The second kappa shape index (κ2) is 14.7. The largest absolute Gasteiger partial charge is 0.530 e. The summed E-state index contributed by atoms with van der Waals surface area (Å²) < 4.78 is 0.0833. The van der Waals surface area contributed by atoms with Crippen molar-refractivity contribution in [2.24, 2.45) is 5.73 Å². The van der Waals surface area contributed by atoms with Crippen molar-refractivity contribution in [2.75, 3.05) is 10.6 Å². The SMILES string of the molecule is Cc1ccccc1NC(=O)[O-].Cc1ccccc1NC(=O)[O-].NC(=S)[S-].[Cu]. The monoisotopic (exact) mass is 455 g/mol. The van der Waals surface area contributed by atoms with Gasteiger partial charge in [-0.3, -0.25) is 0 Å². The Morgan fingerprint density at radius 3 is 1.37 bits per heavy atom. The Labute approximate surface area is 179 Å². The van der Waals surface area contributed by atoms with E-state index in [-0.39, 0.29) is 21.4 Å². The van der Waals surface area contributed by atoms with Gasteiger partial charge < -0.3 is 61.0 Å². The summed E-state index contributed by atoms with van der Waals surface area (Å²) in [5.74, 6) is 0. The maximum absolute atomic E-state index is 10.1. The standard InChI is InChI=1S/2C8H9NO2.CH3NS2.Cu/c2*1-6-4-2-3-5-7(6)9-8(10)11;2-1(3)4;/h2*2-5,9H,1H3,(H,10,11);(H3,2,3,4);/p-3. The van der Waals surface area contributed by atoms with Crippen LogP contribution in [0.25, 0.3) is 0 Å². The van der Waals surface area contributed by atoms with Crippen molar-refractivity contribution in [3.05, 3.63) is 59.7 Å². The van der Waals surface area contributed by atoms with Crippen LogP contribution in [-0.2, 0) is 29.7 Å². The second-order valence-electron chi connectivity index (χ2n) is 4.77. The molecule has 0 saturated carbocycles. The molecule has 2 aromatic rings. The van der Waals surface area contributed by atoms with Crippen molar-refractivity contribution in [2.45, 2.75) is 13.8 Å².